The highest BCUT2D eigenvalue weighted by atomic mass is 32.2. The fourth-order valence-electron chi connectivity index (χ4n) is 2.20. The molecule has 3 amide bonds. The third-order valence-corrected chi connectivity index (χ3v) is 4.42. The van der Waals surface area contributed by atoms with E-state index < -0.39 is 18.0 Å². The van der Waals surface area contributed by atoms with Crippen LogP contribution in [0.5, 0.6) is 0 Å². The molecule has 9 heteroatoms. The van der Waals surface area contributed by atoms with Crippen LogP contribution in [-0.2, 0) is 14.3 Å². The molecule has 2 fully saturated rings. The predicted molar refractivity (Wildman–Crippen MR) is 76.0 cm³/mol. The number of amides is 3. The van der Waals surface area contributed by atoms with Crippen LogP contribution in [0.4, 0.5) is 4.79 Å². The Hall–Kier alpha value is -1.48. The minimum absolute atomic E-state index is 0.0239. The Morgan fingerprint density at radius 1 is 1.29 bits per heavy atom. The van der Waals surface area contributed by atoms with Crippen molar-refractivity contribution in [2.75, 3.05) is 44.5 Å². The second kappa shape index (κ2) is 7.51. The SMILES string of the molecule is O=C(O)[C@@H]1CSCN1C(=O)NCCC(=O)N1CCOCC1. The number of morpholine rings is 1. The van der Waals surface area contributed by atoms with E-state index in [0.717, 1.165) is 0 Å². The van der Waals surface area contributed by atoms with Crippen LogP contribution in [0.2, 0.25) is 0 Å². The van der Waals surface area contributed by atoms with E-state index in [4.69, 9.17) is 9.84 Å². The van der Waals surface area contributed by atoms with Crippen molar-refractivity contribution in [2.24, 2.45) is 0 Å². The van der Waals surface area contributed by atoms with Gasteiger partial charge in [0.25, 0.3) is 0 Å². The molecule has 0 aromatic carbocycles. The number of aliphatic carboxylic acids is 1. The van der Waals surface area contributed by atoms with Gasteiger partial charge in [0, 0.05) is 31.8 Å². The van der Waals surface area contributed by atoms with Crippen LogP contribution in [0.15, 0.2) is 0 Å². The normalized spacial score (nSPS) is 22.2. The smallest absolute Gasteiger partial charge is 0.327 e. The number of nitrogens with zero attached hydrogens (tertiary/aromatic N) is 2. The molecule has 21 heavy (non-hydrogen) atoms. The number of nitrogens with one attached hydrogen (secondary N) is 1. The number of urea groups is 1. The van der Waals surface area contributed by atoms with Gasteiger partial charge in [0.2, 0.25) is 5.91 Å². The molecule has 2 aliphatic rings. The highest BCUT2D eigenvalue weighted by molar-refractivity contribution is 7.99. The monoisotopic (exact) mass is 317 g/mol. The van der Waals surface area contributed by atoms with E-state index in [9.17, 15) is 14.4 Å². The van der Waals surface area contributed by atoms with Crippen molar-refractivity contribution in [3.63, 3.8) is 0 Å². The zero-order valence-corrected chi connectivity index (χ0v) is 12.4. The minimum Gasteiger partial charge on any atom is -0.480 e. The lowest BCUT2D eigenvalue weighted by atomic mass is 10.3. The predicted octanol–water partition coefficient (Wildman–Crippen LogP) is -0.596. The van der Waals surface area contributed by atoms with Crippen molar-refractivity contribution < 1.29 is 24.2 Å². The number of carboxylic acid groups (broad SMARTS) is 1. The van der Waals surface area contributed by atoms with E-state index in [1.54, 1.807) is 4.90 Å². The molecule has 0 radical (unpaired) electrons. The average Bonchev–Trinajstić information content (AvgIpc) is 2.97. The Morgan fingerprint density at radius 2 is 2.00 bits per heavy atom. The Balaban J connectivity index is 1.71. The molecule has 2 heterocycles. The second-order valence-electron chi connectivity index (χ2n) is 4.80. The molecular formula is C12H19N3O5S. The fourth-order valence-corrected chi connectivity index (χ4v) is 3.34. The van der Waals surface area contributed by atoms with Gasteiger partial charge < -0.3 is 25.0 Å². The minimum atomic E-state index is -1.00. The molecule has 2 saturated heterocycles. The quantitative estimate of drug-likeness (QED) is 0.719. The summed E-state index contributed by atoms with van der Waals surface area (Å²) in [6, 6.07) is -1.22. The van der Waals surface area contributed by atoms with Crippen molar-refractivity contribution in [3.05, 3.63) is 0 Å². The highest BCUT2D eigenvalue weighted by Gasteiger charge is 2.34. The average molecular weight is 317 g/mol. The van der Waals surface area contributed by atoms with Gasteiger partial charge in [0.05, 0.1) is 19.1 Å². The van der Waals surface area contributed by atoms with Gasteiger partial charge in [-0.1, -0.05) is 0 Å². The topological polar surface area (TPSA) is 99.2 Å². The number of carbonyl (C=O) groups excluding carboxylic acids is 2. The van der Waals surface area contributed by atoms with Crippen molar-refractivity contribution in [2.45, 2.75) is 12.5 Å². The summed E-state index contributed by atoms with van der Waals surface area (Å²) < 4.78 is 5.17. The van der Waals surface area contributed by atoms with Gasteiger partial charge in [-0.05, 0) is 0 Å². The number of thioether (sulfide) groups is 1. The summed E-state index contributed by atoms with van der Waals surface area (Å²) >= 11 is 1.40. The molecule has 2 rings (SSSR count). The molecule has 0 aliphatic carbocycles. The summed E-state index contributed by atoms with van der Waals surface area (Å²) in [6.07, 6.45) is 0.213. The van der Waals surface area contributed by atoms with Gasteiger partial charge in [-0.3, -0.25) is 4.79 Å². The van der Waals surface area contributed by atoms with Crippen molar-refractivity contribution in [1.82, 2.24) is 15.1 Å². The van der Waals surface area contributed by atoms with Crippen molar-refractivity contribution in [1.29, 1.82) is 0 Å². The molecular weight excluding hydrogens is 298 g/mol. The van der Waals surface area contributed by atoms with Crippen LogP contribution in [0.25, 0.3) is 0 Å². The molecule has 0 aromatic rings. The van der Waals surface area contributed by atoms with Gasteiger partial charge in [0.15, 0.2) is 0 Å². The summed E-state index contributed by atoms with van der Waals surface area (Å²) in [7, 11) is 0. The molecule has 8 nitrogen and oxygen atoms in total. The van der Waals surface area contributed by atoms with Crippen LogP contribution in [0, 0.1) is 0 Å². The first-order valence-electron chi connectivity index (χ1n) is 6.80. The molecule has 0 unspecified atom stereocenters. The number of carboxylic acids is 1. The standard InChI is InChI=1S/C12H19N3O5S/c16-10(14-3-5-20-6-4-14)1-2-13-12(19)15-8-21-7-9(15)11(17)18/h9H,1-8H2,(H,13,19)(H,17,18)/t9-/m0/s1. The maximum Gasteiger partial charge on any atom is 0.327 e. The molecule has 2 aliphatic heterocycles. The summed E-state index contributed by atoms with van der Waals surface area (Å²) in [4.78, 5) is 37.8. The number of carbonyl (C=O) groups is 3. The number of hydrogen-bond acceptors (Lipinski definition) is 5. The Morgan fingerprint density at radius 3 is 2.67 bits per heavy atom. The van der Waals surface area contributed by atoms with Gasteiger partial charge in [-0.25, -0.2) is 9.59 Å². The number of hydrogen-bond donors (Lipinski definition) is 2. The van der Waals surface area contributed by atoms with E-state index in [1.807, 2.05) is 0 Å². The second-order valence-corrected chi connectivity index (χ2v) is 5.80. The highest BCUT2D eigenvalue weighted by Crippen LogP contribution is 2.20. The lowest BCUT2D eigenvalue weighted by molar-refractivity contribution is -0.141. The molecule has 0 bridgehead atoms. The molecule has 1 atom stereocenters. The Labute approximate surface area is 126 Å². The third kappa shape index (κ3) is 4.24. The first-order valence-corrected chi connectivity index (χ1v) is 7.95. The van der Waals surface area contributed by atoms with E-state index in [2.05, 4.69) is 5.32 Å². The van der Waals surface area contributed by atoms with Crippen molar-refractivity contribution >= 4 is 29.7 Å². The first kappa shape index (κ1) is 15.9. The van der Waals surface area contributed by atoms with Crippen LogP contribution in [0.3, 0.4) is 0 Å². The molecule has 0 spiro atoms. The zero-order valence-electron chi connectivity index (χ0n) is 11.6. The summed E-state index contributed by atoms with van der Waals surface area (Å²) in [5.74, 6) is -0.265. The van der Waals surface area contributed by atoms with E-state index in [0.29, 0.717) is 37.9 Å². The molecule has 0 saturated carbocycles. The third-order valence-electron chi connectivity index (χ3n) is 3.41. The Bertz CT molecular complexity index is 414. The maximum absolute atomic E-state index is 11.9. The zero-order chi connectivity index (χ0) is 15.2. The van der Waals surface area contributed by atoms with Crippen molar-refractivity contribution in [3.8, 4) is 0 Å². The van der Waals surface area contributed by atoms with E-state index in [-0.39, 0.29) is 18.9 Å². The largest absolute Gasteiger partial charge is 0.480 e. The van der Waals surface area contributed by atoms with Crippen LogP contribution < -0.4 is 5.32 Å². The maximum atomic E-state index is 11.9. The first-order chi connectivity index (χ1) is 10.1. The molecule has 2 N–H and O–H groups in total. The van der Waals surface area contributed by atoms with Crippen LogP contribution >= 0.6 is 11.8 Å². The van der Waals surface area contributed by atoms with Crippen LogP contribution in [0.1, 0.15) is 6.42 Å². The van der Waals surface area contributed by atoms with E-state index >= 15 is 0 Å². The molecule has 118 valence electrons. The van der Waals surface area contributed by atoms with Gasteiger partial charge >= 0.3 is 12.0 Å². The van der Waals surface area contributed by atoms with Gasteiger partial charge in [-0.15, -0.1) is 11.8 Å². The van der Waals surface area contributed by atoms with E-state index in [1.165, 1.54) is 16.7 Å². The summed E-state index contributed by atoms with van der Waals surface area (Å²) in [5.41, 5.74) is 0. The summed E-state index contributed by atoms with van der Waals surface area (Å²) in [5, 5.41) is 11.6. The van der Waals surface area contributed by atoms with Crippen LogP contribution in [-0.4, -0.2) is 83.3 Å². The molecule has 0 aromatic heterocycles. The van der Waals surface area contributed by atoms with Gasteiger partial charge in [-0.2, -0.15) is 0 Å². The van der Waals surface area contributed by atoms with Gasteiger partial charge in [0.1, 0.15) is 6.04 Å². The lowest BCUT2D eigenvalue weighted by Gasteiger charge is -2.27. The fraction of sp³-hybridized carbons (Fsp3) is 0.750. The number of ether oxygens (including phenoxy) is 1. The Kier molecular flexibility index (Phi) is 5.68. The number of rotatable bonds is 4. The lowest BCUT2D eigenvalue weighted by Crippen LogP contribution is -2.48. The summed E-state index contributed by atoms with van der Waals surface area (Å²) in [6.45, 7) is 2.46.